The largest absolute Gasteiger partial charge is 0.306 e. The predicted molar refractivity (Wildman–Crippen MR) is 69.8 cm³/mol. The van der Waals surface area contributed by atoms with Gasteiger partial charge in [0.05, 0.1) is 0 Å². The van der Waals surface area contributed by atoms with Crippen LogP contribution in [0.4, 0.5) is 0 Å². The number of aryl methyl sites for hydroxylation is 1. The van der Waals surface area contributed by atoms with Crippen LogP contribution in [-0.4, -0.2) is 6.04 Å². The van der Waals surface area contributed by atoms with Crippen molar-refractivity contribution in [2.45, 2.75) is 51.6 Å². The van der Waals surface area contributed by atoms with Crippen molar-refractivity contribution in [3.8, 4) is 0 Å². The third kappa shape index (κ3) is 2.18. The molecule has 2 saturated carbocycles. The molecule has 16 heavy (non-hydrogen) atoms. The molecule has 1 N–H and O–H groups in total. The zero-order chi connectivity index (χ0) is 11.1. The summed E-state index contributed by atoms with van der Waals surface area (Å²) in [4.78, 5) is 1.53. The maximum atomic E-state index is 3.89. The zero-order valence-corrected chi connectivity index (χ0v) is 11.0. The summed E-state index contributed by atoms with van der Waals surface area (Å²) >= 11 is 1.90. The number of hydrogen-bond donors (Lipinski definition) is 1. The van der Waals surface area contributed by atoms with Crippen molar-refractivity contribution in [3.63, 3.8) is 0 Å². The first kappa shape index (κ1) is 10.8. The minimum atomic E-state index is 0.547. The fraction of sp³-hybridized carbons (Fsp3) is 0.714. The second-order valence-electron chi connectivity index (χ2n) is 5.56. The molecule has 0 aromatic carbocycles. The Hall–Kier alpha value is -0.340. The lowest BCUT2D eigenvalue weighted by atomic mass is 10.1. The van der Waals surface area contributed by atoms with Gasteiger partial charge in [0.2, 0.25) is 0 Å². The Balaban J connectivity index is 1.66. The lowest BCUT2D eigenvalue weighted by Crippen LogP contribution is -2.35. The van der Waals surface area contributed by atoms with Gasteiger partial charge in [0.25, 0.3) is 0 Å². The van der Waals surface area contributed by atoms with Gasteiger partial charge in [0.1, 0.15) is 0 Å². The van der Waals surface area contributed by atoms with Crippen LogP contribution in [-0.2, 0) is 0 Å². The van der Waals surface area contributed by atoms with Gasteiger partial charge in [0.15, 0.2) is 0 Å². The van der Waals surface area contributed by atoms with Crippen LogP contribution in [0, 0.1) is 18.8 Å². The van der Waals surface area contributed by atoms with E-state index in [2.05, 4.69) is 30.6 Å². The van der Waals surface area contributed by atoms with E-state index in [1.807, 2.05) is 11.3 Å². The Morgan fingerprint density at radius 1 is 1.25 bits per heavy atom. The summed E-state index contributed by atoms with van der Waals surface area (Å²) in [6.07, 6.45) is 5.85. The normalized spacial score (nSPS) is 22.7. The summed E-state index contributed by atoms with van der Waals surface area (Å²) in [5.41, 5.74) is 1.45. The summed E-state index contributed by atoms with van der Waals surface area (Å²) in [6, 6.07) is 3.60. The van der Waals surface area contributed by atoms with Gasteiger partial charge < -0.3 is 5.32 Å². The van der Waals surface area contributed by atoms with Crippen LogP contribution in [0.1, 0.15) is 49.1 Å². The monoisotopic (exact) mass is 235 g/mol. The van der Waals surface area contributed by atoms with Gasteiger partial charge in [-0.25, -0.2) is 0 Å². The van der Waals surface area contributed by atoms with E-state index >= 15 is 0 Å². The summed E-state index contributed by atoms with van der Waals surface area (Å²) in [6.45, 7) is 4.56. The molecule has 2 aliphatic carbocycles. The van der Waals surface area contributed by atoms with Gasteiger partial charge in [-0.05, 0) is 68.4 Å². The highest BCUT2D eigenvalue weighted by Gasteiger charge is 2.41. The second-order valence-corrected chi connectivity index (χ2v) is 6.50. The molecule has 3 rings (SSSR count). The molecular formula is C14H21NS. The highest BCUT2D eigenvalue weighted by atomic mass is 32.1. The fourth-order valence-electron chi connectivity index (χ4n) is 2.76. The standard InChI is InChI=1S/C14H21NS/c1-9-7-8-16-14(9)10(2)15-13(11-3-4-11)12-5-6-12/h7-8,10-13,15H,3-6H2,1-2H3. The maximum absolute atomic E-state index is 3.89. The van der Waals surface area contributed by atoms with E-state index in [4.69, 9.17) is 0 Å². The van der Waals surface area contributed by atoms with E-state index < -0.39 is 0 Å². The SMILES string of the molecule is Cc1ccsc1C(C)NC(C1CC1)C1CC1. The van der Waals surface area contributed by atoms with Crippen LogP contribution < -0.4 is 5.32 Å². The van der Waals surface area contributed by atoms with E-state index in [-0.39, 0.29) is 0 Å². The first-order valence-electron chi connectivity index (χ1n) is 6.55. The van der Waals surface area contributed by atoms with Gasteiger partial charge in [-0.15, -0.1) is 11.3 Å². The molecule has 2 fully saturated rings. The Kier molecular flexibility index (Phi) is 2.80. The molecule has 2 heteroatoms. The van der Waals surface area contributed by atoms with Gasteiger partial charge in [-0.2, -0.15) is 0 Å². The smallest absolute Gasteiger partial charge is 0.0391 e. The first-order valence-corrected chi connectivity index (χ1v) is 7.43. The third-order valence-electron chi connectivity index (χ3n) is 4.00. The summed E-state index contributed by atoms with van der Waals surface area (Å²) < 4.78 is 0. The van der Waals surface area contributed by atoms with Crippen LogP contribution in [0.5, 0.6) is 0 Å². The molecule has 1 heterocycles. The van der Waals surface area contributed by atoms with Crippen molar-refractivity contribution in [3.05, 3.63) is 21.9 Å². The molecule has 1 atom stereocenters. The van der Waals surface area contributed by atoms with Crippen molar-refractivity contribution in [1.82, 2.24) is 5.32 Å². The third-order valence-corrected chi connectivity index (χ3v) is 5.20. The maximum Gasteiger partial charge on any atom is 0.0391 e. The molecule has 0 amide bonds. The van der Waals surface area contributed by atoms with E-state index in [0.717, 1.165) is 17.9 Å². The van der Waals surface area contributed by atoms with E-state index in [1.165, 1.54) is 36.1 Å². The average Bonchev–Trinajstić information content (AvgIpc) is 3.14. The van der Waals surface area contributed by atoms with Crippen molar-refractivity contribution >= 4 is 11.3 Å². The van der Waals surface area contributed by atoms with Gasteiger partial charge in [-0.3, -0.25) is 0 Å². The molecular weight excluding hydrogens is 214 g/mol. The molecule has 0 aliphatic heterocycles. The van der Waals surface area contributed by atoms with Crippen molar-refractivity contribution < 1.29 is 0 Å². The van der Waals surface area contributed by atoms with Gasteiger partial charge >= 0.3 is 0 Å². The topological polar surface area (TPSA) is 12.0 Å². The zero-order valence-electron chi connectivity index (χ0n) is 10.2. The average molecular weight is 235 g/mol. The molecule has 0 radical (unpaired) electrons. The molecule has 0 spiro atoms. The summed E-state index contributed by atoms with van der Waals surface area (Å²) in [7, 11) is 0. The molecule has 1 unspecified atom stereocenters. The van der Waals surface area contributed by atoms with Crippen molar-refractivity contribution in [2.75, 3.05) is 0 Å². The Morgan fingerprint density at radius 2 is 1.88 bits per heavy atom. The Morgan fingerprint density at radius 3 is 2.31 bits per heavy atom. The summed E-state index contributed by atoms with van der Waals surface area (Å²) in [5, 5.41) is 6.11. The van der Waals surface area contributed by atoms with E-state index in [0.29, 0.717) is 6.04 Å². The quantitative estimate of drug-likeness (QED) is 0.816. The second kappa shape index (κ2) is 4.15. The van der Waals surface area contributed by atoms with Gasteiger partial charge in [0, 0.05) is 17.0 Å². The lowest BCUT2D eigenvalue weighted by Gasteiger charge is -2.23. The van der Waals surface area contributed by atoms with Crippen molar-refractivity contribution in [2.24, 2.45) is 11.8 Å². The van der Waals surface area contributed by atoms with Gasteiger partial charge in [-0.1, -0.05) is 0 Å². The van der Waals surface area contributed by atoms with E-state index in [9.17, 15) is 0 Å². The predicted octanol–water partition coefficient (Wildman–Crippen LogP) is 3.90. The van der Waals surface area contributed by atoms with Crippen LogP contribution in [0.2, 0.25) is 0 Å². The number of nitrogens with one attached hydrogen (secondary N) is 1. The summed E-state index contributed by atoms with van der Waals surface area (Å²) in [5.74, 6) is 1.99. The van der Waals surface area contributed by atoms with Crippen LogP contribution in [0.25, 0.3) is 0 Å². The van der Waals surface area contributed by atoms with Crippen molar-refractivity contribution in [1.29, 1.82) is 0 Å². The molecule has 0 bridgehead atoms. The minimum absolute atomic E-state index is 0.547. The molecule has 1 aromatic heterocycles. The molecule has 88 valence electrons. The van der Waals surface area contributed by atoms with Crippen LogP contribution in [0.3, 0.4) is 0 Å². The number of thiophene rings is 1. The molecule has 1 nitrogen and oxygen atoms in total. The van der Waals surface area contributed by atoms with Crippen LogP contribution >= 0.6 is 11.3 Å². The Bertz CT molecular complexity index is 351. The minimum Gasteiger partial charge on any atom is -0.306 e. The fourth-order valence-corrected chi connectivity index (χ4v) is 3.71. The highest BCUT2D eigenvalue weighted by Crippen LogP contribution is 2.45. The number of hydrogen-bond acceptors (Lipinski definition) is 2. The number of rotatable bonds is 5. The van der Waals surface area contributed by atoms with E-state index in [1.54, 1.807) is 0 Å². The highest BCUT2D eigenvalue weighted by molar-refractivity contribution is 7.10. The lowest BCUT2D eigenvalue weighted by molar-refractivity contribution is 0.379. The molecule has 0 saturated heterocycles. The molecule has 2 aliphatic rings. The molecule has 1 aromatic rings. The first-order chi connectivity index (χ1) is 7.75. The Labute approximate surface area is 102 Å². The van der Waals surface area contributed by atoms with Crippen LogP contribution in [0.15, 0.2) is 11.4 Å².